The molecule has 2 aromatic carbocycles. The fraction of sp³-hybridized carbons (Fsp3) is 0.250. The summed E-state index contributed by atoms with van der Waals surface area (Å²) in [6.07, 6.45) is 0.0729. The summed E-state index contributed by atoms with van der Waals surface area (Å²) in [6.45, 7) is 1.82. The molecule has 2 N–H and O–H groups in total. The van der Waals surface area contributed by atoms with E-state index in [1.54, 1.807) is 25.1 Å². The summed E-state index contributed by atoms with van der Waals surface area (Å²) in [5, 5.41) is 18.8. The normalized spacial score (nSPS) is 12.2. The predicted octanol–water partition coefficient (Wildman–Crippen LogP) is 3.72. The van der Waals surface area contributed by atoms with Crippen molar-refractivity contribution in [2.75, 3.05) is 6.61 Å². The number of hydrogen-bond acceptors (Lipinski definition) is 3. The predicted molar refractivity (Wildman–Crippen MR) is 79.4 cm³/mol. The van der Waals surface area contributed by atoms with Crippen molar-refractivity contribution in [3.8, 4) is 11.5 Å². The van der Waals surface area contributed by atoms with E-state index in [4.69, 9.17) is 21.4 Å². The second-order valence-corrected chi connectivity index (χ2v) is 4.99. The highest BCUT2D eigenvalue weighted by Crippen LogP contribution is 2.31. The van der Waals surface area contributed by atoms with Crippen molar-refractivity contribution in [2.45, 2.75) is 19.4 Å². The van der Waals surface area contributed by atoms with Crippen LogP contribution < -0.4 is 4.74 Å². The van der Waals surface area contributed by atoms with Crippen molar-refractivity contribution >= 4 is 11.6 Å². The third kappa shape index (κ3) is 3.73. The topological polar surface area (TPSA) is 49.7 Å². The van der Waals surface area contributed by atoms with Crippen molar-refractivity contribution in [3.63, 3.8) is 0 Å². The summed E-state index contributed by atoms with van der Waals surface area (Å²) in [4.78, 5) is 0. The first-order chi connectivity index (χ1) is 9.60. The van der Waals surface area contributed by atoms with Crippen molar-refractivity contribution in [1.82, 2.24) is 0 Å². The molecule has 1 atom stereocenters. The Hall–Kier alpha value is -1.55. The summed E-state index contributed by atoms with van der Waals surface area (Å²) in [5.41, 5.74) is 1.80. The van der Waals surface area contributed by atoms with Gasteiger partial charge in [0.1, 0.15) is 11.5 Å². The number of aliphatic hydroxyl groups is 2. The van der Waals surface area contributed by atoms with Crippen LogP contribution in [0.5, 0.6) is 11.5 Å². The molecule has 0 heterocycles. The first-order valence-electron chi connectivity index (χ1n) is 6.45. The maximum absolute atomic E-state index is 9.49. The van der Waals surface area contributed by atoms with Crippen molar-refractivity contribution in [1.29, 1.82) is 0 Å². The minimum atomic E-state index is -0.556. The van der Waals surface area contributed by atoms with E-state index in [2.05, 4.69) is 0 Å². The van der Waals surface area contributed by atoms with Crippen LogP contribution in [0.15, 0.2) is 42.5 Å². The second-order valence-electron chi connectivity index (χ2n) is 4.59. The van der Waals surface area contributed by atoms with Crippen LogP contribution in [-0.4, -0.2) is 16.8 Å². The monoisotopic (exact) mass is 292 g/mol. The number of aliphatic hydroxyl groups excluding tert-OH is 2. The molecule has 4 heteroatoms. The molecule has 106 valence electrons. The van der Waals surface area contributed by atoms with Gasteiger partial charge in [0.05, 0.1) is 11.1 Å². The lowest BCUT2D eigenvalue weighted by molar-refractivity contribution is 0.199. The van der Waals surface area contributed by atoms with E-state index in [0.717, 1.165) is 11.1 Å². The summed E-state index contributed by atoms with van der Waals surface area (Å²) < 4.78 is 5.70. The third-order valence-corrected chi connectivity index (χ3v) is 3.29. The van der Waals surface area contributed by atoms with E-state index in [9.17, 15) is 5.11 Å². The smallest absolute Gasteiger partial charge is 0.146 e. The molecule has 0 amide bonds. The Morgan fingerprint density at radius 1 is 1.15 bits per heavy atom. The van der Waals surface area contributed by atoms with Gasteiger partial charge < -0.3 is 14.9 Å². The van der Waals surface area contributed by atoms with Gasteiger partial charge in [-0.15, -0.1) is 0 Å². The van der Waals surface area contributed by atoms with Crippen molar-refractivity contribution in [2.24, 2.45) is 0 Å². The molecule has 0 fully saturated rings. The van der Waals surface area contributed by atoms with Crippen LogP contribution in [-0.2, 0) is 6.42 Å². The average Bonchev–Trinajstić information content (AvgIpc) is 2.43. The lowest BCUT2D eigenvalue weighted by Crippen LogP contribution is -1.93. The molecule has 0 aliphatic carbocycles. The van der Waals surface area contributed by atoms with Gasteiger partial charge in [0, 0.05) is 6.61 Å². The fourth-order valence-electron chi connectivity index (χ4n) is 1.84. The molecule has 0 aromatic heterocycles. The number of benzene rings is 2. The van der Waals surface area contributed by atoms with E-state index in [0.29, 0.717) is 22.9 Å². The van der Waals surface area contributed by atoms with Crippen LogP contribution in [0, 0.1) is 0 Å². The second kappa shape index (κ2) is 6.75. The van der Waals surface area contributed by atoms with E-state index in [-0.39, 0.29) is 6.61 Å². The zero-order valence-corrected chi connectivity index (χ0v) is 12.0. The highest BCUT2D eigenvalue weighted by Gasteiger charge is 2.07. The van der Waals surface area contributed by atoms with Gasteiger partial charge in [-0.05, 0) is 48.7 Å². The number of ether oxygens (including phenoxy) is 1. The van der Waals surface area contributed by atoms with Gasteiger partial charge in [-0.1, -0.05) is 29.8 Å². The van der Waals surface area contributed by atoms with E-state index in [1.807, 2.05) is 24.3 Å². The molecule has 0 saturated carbocycles. The summed E-state index contributed by atoms with van der Waals surface area (Å²) >= 11 is 6.14. The highest BCUT2D eigenvalue weighted by atomic mass is 35.5. The zero-order chi connectivity index (χ0) is 14.5. The van der Waals surface area contributed by atoms with Gasteiger partial charge in [0.2, 0.25) is 0 Å². The molecule has 2 rings (SSSR count). The van der Waals surface area contributed by atoms with E-state index >= 15 is 0 Å². The SMILES string of the molecule is C[C@H](O)c1ccc(Oc2ccc(CCO)cc2)c(Cl)c1. The van der Waals surface area contributed by atoms with Crippen LogP contribution in [0.1, 0.15) is 24.2 Å². The molecule has 0 aliphatic heterocycles. The lowest BCUT2D eigenvalue weighted by atomic mass is 10.1. The lowest BCUT2D eigenvalue weighted by Gasteiger charge is -2.11. The number of hydrogen-bond donors (Lipinski definition) is 2. The highest BCUT2D eigenvalue weighted by molar-refractivity contribution is 6.32. The Balaban J connectivity index is 2.13. The maximum Gasteiger partial charge on any atom is 0.146 e. The maximum atomic E-state index is 9.49. The fourth-order valence-corrected chi connectivity index (χ4v) is 2.07. The molecule has 0 radical (unpaired) electrons. The van der Waals surface area contributed by atoms with Crippen molar-refractivity contribution in [3.05, 3.63) is 58.6 Å². The average molecular weight is 293 g/mol. The first kappa shape index (κ1) is 14.9. The van der Waals surface area contributed by atoms with Gasteiger partial charge in [0.15, 0.2) is 0 Å². The molecular weight excluding hydrogens is 276 g/mol. The standard InChI is InChI=1S/C16H17ClO3/c1-11(19)13-4-7-16(15(17)10-13)20-14-5-2-12(3-6-14)8-9-18/h2-7,10-11,18-19H,8-9H2,1H3/t11-/m0/s1. The molecule has 0 unspecified atom stereocenters. The van der Waals surface area contributed by atoms with Crippen LogP contribution in [0.3, 0.4) is 0 Å². The van der Waals surface area contributed by atoms with Crippen LogP contribution >= 0.6 is 11.6 Å². The van der Waals surface area contributed by atoms with Gasteiger partial charge in [-0.25, -0.2) is 0 Å². The zero-order valence-electron chi connectivity index (χ0n) is 11.2. The Bertz CT molecular complexity index is 564. The van der Waals surface area contributed by atoms with E-state index < -0.39 is 6.10 Å². The Morgan fingerprint density at radius 3 is 2.40 bits per heavy atom. The van der Waals surface area contributed by atoms with Gasteiger partial charge in [0.25, 0.3) is 0 Å². The Kier molecular flexibility index (Phi) is 5.01. The largest absolute Gasteiger partial charge is 0.456 e. The molecule has 3 nitrogen and oxygen atoms in total. The molecule has 0 spiro atoms. The van der Waals surface area contributed by atoms with Crippen LogP contribution in [0.2, 0.25) is 5.02 Å². The van der Waals surface area contributed by atoms with Crippen LogP contribution in [0.25, 0.3) is 0 Å². The molecule has 0 saturated heterocycles. The quantitative estimate of drug-likeness (QED) is 0.883. The summed E-state index contributed by atoms with van der Waals surface area (Å²) in [7, 11) is 0. The molecule has 20 heavy (non-hydrogen) atoms. The van der Waals surface area contributed by atoms with Gasteiger partial charge in [-0.3, -0.25) is 0 Å². The molecule has 0 bridgehead atoms. The van der Waals surface area contributed by atoms with Crippen LogP contribution in [0.4, 0.5) is 0 Å². The molecule has 0 aliphatic rings. The van der Waals surface area contributed by atoms with Gasteiger partial charge >= 0.3 is 0 Å². The molecule has 2 aromatic rings. The summed E-state index contributed by atoms with van der Waals surface area (Å²) in [6, 6.07) is 12.7. The minimum absolute atomic E-state index is 0.132. The molecular formula is C16H17ClO3. The Labute approximate surface area is 123 Å². The first-order valence-corrected chi connectivity index (χ1v) is 6.83. The van der Waals surface area contributed by atoms with E-state index in [1.165, 1.54) is 0 Å². The third-order valence-electron chi connectivity index (χ3n) is 2.99. The number of halogens is 1. The Morgan fingerprint density at radius 2 is 1.85 bits per heavy atom. The number of rotatable bonds is 5. The summed E-state index contributed by atoms with van der Waals surface area (Å²) in [5.74, 6) is 1.23. The van der Waals surface area contributed by atoms with Crippen molar-refractivity contribution < 1.29 is 14.9 Å². The van der Waals surface area contributed by atoms with Gasteiger partial charge in [-0.2, -0.15) is 0 Å². The minimum Gasteiger partial charge on any atom is -0.456 e.